The second-order valence-corrected chi connectivity index (χ2v) is 3.39. The Hall–Kier alpha value is -1.88. The maximum absolute atomic E-state index is 10.8. The SMILES string of the molecule is Cc1cn2cccc(C(N)C(=O)O)c2n1. The third-order valence-corrected chi connectivity index (χ3v) is 2.23. The van der Waals surface area contributed by atoms with Gasteiger partial charge in [0.1, 0.15) is 11.7 Å². The van der Waals surface area contributed by atoms with Gasteiger partial charge in [0.05, 0.1) is 5.69 Å². The number of aryl methyl sites for hydroxylation is 1. The smallest absolute Gasteiger partial charge is 0.325 e. The molecule has 2 heterocycles. The van der Waals surface area contributed by atoms with E-state index in [9.17, 15) is 4.79 Å². The van der Waals surface area contributed by atoms with E-state index in [2.05, 4.69) is 4.98 Å². The average Bonchev–Trinajstić information content (AvgIpc) is 2.56. The van der Waals surface area contributed by atoms with Crippen LogP contribution in [0.15, 0.2) is 24.5 Å². The van der Waals surface area contributed by atoms with E-state index in [1.807, 2.05) is 19.3 Å². The van der Waals surface area contributed by atoms with Crippen molar-refractivity contribution in [3.63, 3.8) is 0 Å². The molecule has 78 valence electrons. The minimum atomic E-state index is -1.05. The largest absolute Gasteiger partial charge is 0.480 e. The Labute approximate surface area is 86.2 Å². The first-order valence-electron chi connectivity index (χ1n) is 4.52. The van der Waals surface area contributed by atoms with Crippen molar-refractivity contribution in [2.45, 2.75) is 13.0 Å². The highest BCUT2D eigenvalue weighted by Crippen LogP contribution is 2.17. The Bertz CT molecular complexity index is 518. The first kappa shape index (κ1) is 9.67. The quantitative estimate of drug-likeness (QED) is 0.757. The normalized spacial score (nSPS) is 12.9. The Kier molecular flexibility index (Phi) is 2.17. The molecular formula is C10H11N3O2. The minimum Gasteiger partial charge on any atom is -0.480 e. The number of aliphatic carboxylic acids is 1. The van der Waals surface area contributed by atoms with E-state index in [-0.39, 0.29) is 0 Å². The lowest BCUT2D eigenvalue weighted by Crippen LogP contribution is -2.21. The number of hydrogen-bond donors (Lipinski definition) is 2. The van der Waals surface area contributed by atoms with Crippen molar-refractivity contribution < 1.29 is 9.90 Å². The van der Waals surface area contributed by atoms with Crippen LogP contribution in [0.4, 0.5) is 0 Å². The molecule has 0 aliphatic carbocycles. The van der Waals surface area contributed by atoms with Crippen LogP contribution in [0.2, 0.25) is 0 Å². The molecule has 1 atom stereocenters. The molecule has 0 aliphatic rings. The molecule has 0 spiro atoms. The number of fused-ring (bicyclic) bond motifs is 1. The lowest BCUT2D eigenvalue weighted by atomic mass is 10.1. The summed E-state index contributed by atoms with van der Waals surface area (Å²) in [4.78, 5) is 15.0. The van der Waals surface area contributed by atoms with Crippen LogP contribution in [0.1, 0.15) is 17.3 Å². The van der Waals surface area contributed by atoms with E-state index in [1.54, 1.807) is 16.5 Å². The van der Waals surface area contributed by atoms with E-state index in [0.717, 1.165) is 5.69 Å². The minimum absolute atomic E-state index is 0.526. The van der Waals surface area contributed by atoms with Crippen molar-refractivity contribution >= 4 is 11.6 Å². The highest BCUT2D eigenvalue weighted by atomic mass is 16.4. The highest BCUT2D eigenvalue weighted by Gasteiger charge is 2.18. The molecule has 0 aliphatic heterocycles. The molecule has 5 heteroatoms. The number of aromatic nitrogens is 2. The second kappa shape index (κ2) is 3.36. The first-order valence-corrected chi connectivity index (χ1v) is 4.52. The van der Waals surface area contributed by atoms with Crippen LogP contribution < -0.4 is 5.73 Å². The summed E-state index contributed by atoms with van der Waals surface area (Å²) in [5, 5.41) is 8.84. The molecule has 2 rings (SSSR count). The van der Waals surface area contributed by atoms with Gasteiger partial charge < -0.3 is 15.2 Å². The summed E-state index contributed by atoms with van der Waals surface area (Å²) in [6, 6.07) is 2.41. The second-order valence-electron chi connectivity index (χ2n) is 3.39. The van der Waals surface area contributed by atoms with Gasteiger partial charge in [0.2, 0.25) is 0 Å². The molecule has 0 saturated heterocycles. The highest BCUT2D eigenvalue weighted by molar-refractivity contribution is 5.78. The zero-order valence-electron chi connectivity index (χ0n) is 8.21. The summed E-state index contributed by atoms with van der Waals surface area (Å²) < 4.78 is 1.77. The molecule has 2 aromatic rings. The number of carbonyl (C=O) groups is 1. The third kappa shape index (κ3) is 1.57. The van der Waals surface area contributed by atoms with Crippen LogP contribution in [0.5, 0.6) is 0 Å². The van der Waals surface area contributed by atoms with Gasteiger partial charge in [-0.1, -0.05) is 6.07 Å². The first-order chi connectivity index (χ1) is 7.09. The number of carboxylic acids is 1. The van der Waals surface area contributed by atoms with Crippen LogP contribution in [0.25, 0.3) is 5.65 Å². The number of pyridine rings is 1. The molecule has 0 fully saturated rings. The Morgan fingerprint density at radius 2 is 2.40 bits per heavy atom. The van der Waals surface area contributed by atoms with Gasteiger partial charge in [-0.15, -0.1) is 0 Å². The number of rotatable bonds is 2. The maximum atomic E-state index is 10.8. The summed E-state index contributed by atoms with van der Waals surface area (Å²) in [6.45, 7) is 1.85. The van der Waals surface area contributed by atoms with Gasteiger partial charge in [-0.05, 0) is 13.0 Å². The molecule has 0 radical (unpaired) electrons. The van der Waals surface area contributed by atoms with Crippen molar-refractivity contribution in [1.82, 2.24) is 9.38 Å². The number of imidazole rings is 1. The van der Waals surface area contributed by atoms with Gasteiger partial charge in [-0.3, -0.25) is 4.79 Å². The zero-order valence-corrected chi connectivity index (χ0v) is 8.21. The van der Waals surface area contributed by atoms with Gasteiger partial charge >= 0.3 is 5.97 Å². The van der Waals surface area contributed by atoms with Crippen molar-refractivity contribution in [1.29, 1.82) is 0 Å². The average molecular weight is 205 g/mol. The van der Waals surface area contributed by atoms with E-state index < -0.39 is 12.0 Å². The molecule has 3 N–H and O–H groups in total. The van der Waals surface area contributed by atoms with Gasteiger partial charge in [0.15, 0.2) is 0 Å². The zero-order chi connectivity index (χ0) is 11.0. The van der Waals surface area contributed by atoms with Gasteiger partial charge in [-0.25, -0.2) is 4.98 Å². The van der Waals surface area contributed by atoms with Gasteiger partial charge in [0.25, 0.3) is 0 Å². The molecule has 5 nitrogen and oxygen atoms in total. The summed E-state index contributed by atoms with van der Waals surface area (Å²) in [6.07, 6.45) is 3.64. The Morgan fingerprint density at radius 3 is 3.07 bits per heavy atom. The summed E-state index contributed by atoms with van der Waals surface area (Å²) >= 11 is 0. The summed E-state index contributed by atoms with van der Waals surface area (Å²) in [5.74, 6) is -1.05. The fourth-order valence-corrected chi connectivity index (χ4v) is 1.53. The molecule has 1 unspecified atom stereocenters. The fraction of sp³-hybridized carbons (Fsp3) is 0.200. The van der Waals surface area contributed by atoms with Crippen molar-refractivity contribution in [2.24, 2.45) is 5.73 Å². The molecule has 0 saturated carbocycles. The molecule has 0 bridgehead atoms. The van der Waals surface area contributed by atoms with Crippen LogP contribution in [0.3, 0.4) is 0 Å². The molecule has 2 aromatic heterocycles. The van der Waals surface area contributed by atoms with Crippen LogP contribution in [-0.2, 0) is 4.79 Å². The van der Waals surface area contributed by atoms with Crippen molar-refractivity contribution in [2.75, 3.05) is 0 Å². The van der Waals surface area contributed by atoms with Crippen molar-refractivity contribution in [3.8, 4) is 0 Å². The molecular weight excluding hydrogens is 194 g/mol. The van der Waals surface area contributed by atoms with Gasteiger partial charge in [0, 0.05) is 18.0 Å². The standard InChI is InChI=1S/C10H11N3O2/c1-6-5-13-4-2-3-7(9(13)12-6)8(11)10(14)15/h2-5,8H,11H2,1H3,(H,14,15). The monoisotopic (exact) mass is 205 g/mol. The topological polar surface area (TPSA) is 80.6 Å². The third-order valence-electron chi connectivity index (χ3n) is 2.23. The molecule has 15 heavy (non-hydrogen) atoms. The summed E-state index contributed by atoms with van der Waals surface area (Å²) in [5.41, 5.74) is 7.52. The summed E-state index contributed by atoms with van der Waals surface area (Å²) in [7, 11) is 0. The molecule has 0 aromatic carbocycles. The fourth-order valence-electron chi connectivity index (χ4n) is 1.53. The predicted octanol–water partition coefficient (Wildman–Crippen LogP) is 0.727. The lowest BCUT2D eigenvalue weighted by Gasteiger charge is -2.07. The Morgan fingerprint density at radius 1 is 1.67 bits per heavy atom. The lowest BCUT2D eigenvalue weighted by molar-refractivity contribution is -0.138. The van der Waals surface area contributed by atoms with E-state index >= 15 is 0 Å². The van der Waals surface area contributed by atoms with Crippen LogP contribution in [0, 0.1) is 6.92 Å². The van der Waals surface area contributed by atoms with Gasteiger partial charge in [-0.2, -0.15) is 0 Å². The van der Waals surface area contributed by atoms with Crippen LogP contribution in [-0.4, -0.2) is 20.5 Å². The Balaban J connectivity index is 2.64. The molecule has 0 amide bonds. The predicted molar refractivity (Wildman–Crippen MR) is 54.5 cm³/mol. The van der Waals surface area contributed by atoms with E-state index in [0.29, 0.717) is 11.2 Å². The number of nitrogens with zero attached hydrogens (tertiary/aromatic N) is 2. The van der Waals surface area contributed by atoms with E-state index in [1.165, 1.54) is 0 Å². The van der Waals surface area contributed by atoms with Crippen molar-refractivity contribution in [3.05, 3.63) is 35.8 Å². The number of carboxylic acid groups (broad SMARTS) is 1. The number of hydrogen-bond acceptors (Lipinski definition) is 3. The number of nitrogens with two attached hydrogens (primary N) is 1. The maximum Gasteiger partial charge on any atom is 0.325 e. The van der Waals surface area contributed by atoms with E-state index in [4.69, 9.17) is 10.8 Å². The van der Waals surface area contributed by atoms with Crippen LogP contribution >= 0.6 is 0 Å².